The van der Waals surface area contributed by atoms with Crippen molar-refractivity contribution in [2.75, 3.05) is 0 Å². The van der Waals surface area contributed by atoms with Crippen molar-refractivity contribution < 1.29 is 4.39 Å². The maximum Gasteiger partial charge on any atom is 0.131 e. The molecule has 96 valence electrons. The number of thiophene rings is 1. The summed E-state index contributed by atoms with van der Waals surface area (Å²) >= 11 is 1.63. The van der Waals surface area contributed by atoms with Crippen molar-refractivity contribution in [3.8, 4) is 10.4 Å². The van der Waals surface area contributed by atoms with Crippen LogP contribution in [0.2, 0.25) is 0 Å². The van der Waals surface area contributed by atoms with Crippen LogP contribution in [0.25, 0.3) is 10.4 Å². The summed E-state index contributed by atoms with van der Waals surface area (Å²) < 4.78 is 13.8. The molecule has 18 heavy (non-hydrogen) atoms. The second-order valence-corrected chi connectivity index (χ2v) is 6.05. The fraction of sp³-hybridized carbons (Fsp3) is 0.333. The van der Waals surface area contributed by atoms with Gasteiger partial charge in [-0.2, -0.15) is 0 Å². The van der Waals surface area contributed by atoms with Gasteiger partial charge in [-0.15, -0.1) is 11.3 Å². The Morgan fingerprint density at radius 3 is 2.61 bits per heavy atom. The summed E-state index contributed by atoms with van der Waals surface area (Å²) in [5.41, 5.74) is 1.82. The normalized spacial score (nSPS) is 11.2. The van der Waals surface area contributed by atoms with Crippen molar-refractivity contribution in [1.82, 2.24) is 5.32 Å². The summed E-state index contributed by atoms with van der Waals surface area (Å²) in [6, 6.07) is 9.78. The van der Waals surface area contributed by atoms with Gasteiger partial charge in [0.15, 0.2) is 0 Å². The van der Waals surface area contributed by atoms with E-state index in [-0.39, 0.29) is 5.82 Å². The Bertz CT molecular complexity index is 531. The summed E-state index contributed by atoms with van der Waals surface area (Å²) in [7, 11) is 0. The average molecular weight is 263 g/mol. The lowest BCUT2D eigenvalue weighted by atomic mass is 10.1. The molecule has 1 aromatic heterocycles. The standard InChI is InChI=1S/C15H18FNS/c1-10(2)17-9-12-5-6-14(16)13(8-12)15-7-4-11(3)18-15/h4-8,10,17H,9H2,1-3H3. The molecule has 2 rings (SSSR count). The van der Waals surface area contributed by atoms with E-state index in [1.54, 1.807) is 17.4 Å². The maximum absolute atomic E-state index is 13.8. The van der Waals surface area contributed by atoms with Crippen LogP contribution in [0.5, 0.6) is 0 Å². The molecule has 0 unspecified atom stereocenters. The largest absolute Gasteiger partial charge is 0.310 e. The van der Waals surface area contributed by atoms with E-state index in [2.05, 4.69) is 19.2 Å². The molecule has 1 aromatic carbocycles. The molecule has 0 aliphatic heterocycles. The van der Waals surface area contributed by atoms with Gasteiger partial charge in [-0.25, -0.2) is 4.39 Å². The van der Waals surface area contributed by atoms with Gasteiger partial charge >= 0.3 is 0 Å². The second-order valence-electron chi connectivity index (χ2n) is 4.76. The summed E-state index contributed by atoms with van der Waals surface area (Å²) in [6.07, 6.45) is 0. The minimum absolute atomic E-state index is 0.148. The van der Waals surface area contributed by atoms with Gasteiger partial charge < -0.3 is 5.32 Å². The molecule has 1 N–H and O–H groups in total. The molecule has 1 heterocycles. The molecule has 3 heteroatoms. The number of nitrogens with one attached hydrogen (secondary N) is 1. The summed E-state index contributed by atoms with van der Waals surface area (Å²) in [6.45, 7) is 7.02. The van der Waals surface area contributed by atoms with Gasteiger partial charge in [-0.05, 0) is 36.8 Å². The quantitative estimate of drug-likeness (QED) is 0.864. The highest BCUT2D eigenvalue weighted by Gasteiger charge is 2.08. The molecule has 0 spiro atoms. The number of halogens is 1. The predicted octanol–water partition coefficient (Wildman–Crippen LogP) is 4.36. The summed E-state index contributed by atoms with van der Waals surface area (Å²) in [5, 5.41) is 3.35. The second kappa shape index (κ2) is 5.63. The molecule has 0 bridgehead atoms. The van der Waals surface area contributed by atoms with Gasteiger partial charge in [-0.1, -0.05) is 19.9 Å². The third-order valence-electron chi connectivity index (χ3n) is 2.75. The highest BCUT2D eigenvalue weighted by atomic mass is 32.1. The molecular formula is C15H18FNS. The highest BCUT2D eigenvalue weighted by Crippen LogP contribution is 2.30. The van der Waals surface area contributed by atoms with Crippen molar-refractivity contribution >= 4 is 11.3 Å². The van der Waals surface area contributed by atoms with Crippen LogP contribution in [0.1, 0.15) is 24.3 Å². The van der Waals surface area contributed by atoms with Crippen LogP contribution in [0.15, 0.2) is 30.3 Å². The van der Waals surface area contributed by atoms with Crippen LogP contribution in [0.3, 0.4) is 0 Å². The van der Waals surface area contributed by atoms with Crippen LogP contribution >= 0.6 is 11.3 Å². The molecule has 0 fully saturated rings. The fourth-order valence-corrected chi connectivity index (χ4v) is 2.66. The molecule has 2 aromatic rings. The topological polar surface area (TPSA) is 12.0 Å². The molecule has 0 aliphatic carbocycles. The van der Waals surface area contributed by atoms with E-state index in [4.69, 9.17) is 0 Å². The lowest BCUT2D eigenvalue weighted by molar-refractivity contribution is 0.586. The number of aryl methyl sites for hydroxylation is 1. The Hall–Kier alpha value is -1.19. The molecule has 1 nitrogen and oxygen atoms in total. The third kappa shape index (κ3) is 3.18. The Kier molecular flexibility index (Phi) is 4.15. The first kappa shape index (κ1) is 13.2. The van der Waals surface area contributed by atoms with Gasteiger partial charge in [-0.3, -0.25) is 0 Å². The van der Waals surface area contributed by atoms with E-state index in [1.807, 2.05) is 31.2 Å². The Morgan fingerprint density at radius 1 is 1.22 bits per heavy atom. The van der Waals surface area contributed by atoms with E-state index >= 15 is 0 Å². The zero-order valence-corrected chi connectivity index (χ0v) is 11.8. The lowest BCUT2D eigenvalue weighted by Gasteiger charge is -2.09. The molecule has 0 amide bonds. The zero-order valence-electron chi connectivity index (χ0n) is 11.0. The van der Waals surface area contributed by atoms with Crippen LogP contribution in [0.4, 0.5) is 4.39 Å². The lowest BCUT2D eigenvalue weighted by Crippen LogP contribution is -2.21. The van der Waals surface area contributed by atoms with Crippen molar-refractivity contribution in [3.05, 3.63) is 46.6 Å². The van der Waals surface area contributed by atoms with E-state index in [0.29, 0.717) is 11.6 Å². The summed E-state index contributed by atoms with van der Waals surface area (Å²) in [5.74, 6) is -0.148. The molecule has 0 saturated carbocycles. The van der Waals surface area contributed by atoms with Gasteiger partial charge in [0.25, 0.3) is 0 Å². The van der Waals surface area contributed by atoms with Gasteiger partial charge in [0.2, 0.25) is 0 Å². The van der Waals surface area contributed by atoms with Crippen molar-refractivity contribution in [2.24, 2.45) is 0 Å². The van der Waals surface area contributed by atoms with Gasteiger partial charge in [0.1, 0.15) is 5.82 Å². The first-order chi connectivity index (χ1) is 8.56. The van der Waals surface area contributed by atoms with E-state index in [0.717, 1.165) is 17.0 Å². The van der Waals surface area contributed by atoms with Crippen LogP contribution < -0.4 is 5.32 Å². The SMILES string of the molecule is Cc1ccc(-c2cc(CNC(C)C)ccc2F)s1. The Labute approximate surface area is 112 Å². The summed E-state index contributed by atoms with van der Waals surface area (Å²) in [4.78, 5) is 2.20. The molecule has 0 atom stereocenters. The van der Waals surface area contributed by atoms with Crippen molar-refractivity contribution in [1.29, 1.82) is 0 Å². The van der Waals surface area contributed by atoms with Crippen molar-refractivity contribution in [3.63, 3.8) is 0 Å². The average Bonchev–Trinajstić information content (AvgIpc) is 2.74. The van der Waals surface area contributed by atoms with Crippen LogP contribution in [-0.4, -0.2) is 6.04 Å². The Morgan fingerprint density at radius 2 is 2.00 bits per heavy atom. The minimum atomic E-state index is -0.148. The molecular weight excluding hydrogens is 245 g/mol. The smallest absolute Gasteiger partial charge is 0.131 e. The maximum atomic E-state index is 13.8. The van der Waals surface area contributed by atoms with Crippen LogP contribution in [0, 0.1) is 12.7 Å². The predicted molar refractivity (Wildman–Crippen MR) is 76.4 cm³/mol. The number of hydrogen-bond donors (Lipinski definition) is 1. The van der Waals surface area contributed by atoms with Gasteiger partial charge in [0.05, 0.1) is 0 Å². The van der Waals surface area contributed by atoms with E-state index < -0.39 is 0 Å². The molecule has 0 saturated heterocycles. The Balaban J connectivity index is 2.27. The third-order valence-corrected chi connectivity index (χ3v) is 3.78. The zero-order chi connectivity index (χ0) is 13.1. The van der Waals surface area contributed by atoms with Gasteiger partial charge in [0, 0.05) is 27.9 Å². The molecule has 0 radical (unpaired) electrons. The number of hydrogen-bond acceptors (Lipinski definition) is 2. The monoisotopic (exact) mass is 263 g/mol. The first-order valence-corrected chi connectivity index (χ1v) is 6.96. The van der Waals surface area contributed by atoms with Crippen molar-refractivity contribution in [2.45, 2.75) is 33.4 Å². The fourth-order valence-electron chi connectivity index (χ4n) is 1.77. The number of benzene rings is 1. The number of rotatable bonds is 4. The minimum Gasteiger partial charge on any atom is -0.310 e. The van der Waals surface area contributed by atoms with Crippen LogP contribution in [-0.2, 0) is 6.54 Å². The highest BCUT2D eigenvalue weighted by molar-refractivity contribution is 7.15. The van der Waals surface area contributed by atoms with E-state index in [9.17, 15) is 4.39 Å². The molecule has 0 aliphatic rings. The first-order valence-electron chi connectivity index (χ1n) is 6.15. The van der Waals surface area contributed by atoms with E-state index in [1.165, 1.54) is 4.88 Å².